The van der Waals surface area contributed by atoms with Crippen LogP contribution in [0.15, 0.2) is 12.1 Å². The molecule has 0 atom stereocenters. The van der Waals surface area contributed by atoms with Crippen molar-refractivity contribution in [2.75, 3.05) is 13.4 Å². The molecular weight excluding hydrogens is 230 g/mol. The zero-order valence-corrected chi connectivity index (χ0v) is 8.77. The monoisotopic (exact) mass is 238 g/mol. The van der Waals surface area contributed by atoms with Crippen LogP contribution >= 0.6 is 0 Å². The Balaban J connectivity index is 3.18. The van der Waals surface area contributed by atoms with Crippen LogP contribution in [-0.4, -0.2) is 21.8 Å². The van der Waals surface area contributed by atoms with Crippen LogP contribution in [0.25, 0.3) is 0 Å². The minimum absolute atomic E-state index is 0.326. The number of ether oxygens (including phenoxy) is 1. The Bertz CT molecular complexity index is 470. The van der Waals surface area contributed by atoms with E-state index >= 15 is 0 Å². The first-order valence-corrected chi connectivity index (χ1v) is 5.58. The molecule has 0 aliphatic heterocycles. The standard InChI is InChI=1S/C8H8F2O4S/c1-13-5-3-4-6(8(10)7(5)9)14-15(2,11)12/h3-4H,1-2H3. The van der Waals surface area contributed by atoms with Gasteiger partial charge >= 0.3 is 10.1 Å². The van der Waals surface area contributed by atoms with E-state index in [1.165, 1.54) is 0 Å². The molecule has 0 unspecified atom stereocenters. The second kappa shape index (κ2) is 4.01. The summed E-state index contributed by atoms with van der Waals surface area (Å²) in [6.45, 7) is 0. The summed E-state index contributed by atoms with van der Waals surface area (Å²) in [4.78, 5) is 0. The van der Waals surface area contributed by atoms with E-state index in [1.54, 1.807) is 0 Å². The number of benzene rings is 1. The van der Waals surface area contributed by atoms with E-state index in [1.807, 2.05) is 0 Å². The molecule has 0 spiro atoms. The molecule has 7 heteroatoms. The quantitative estimate of drug-likeness (QED) is 0.745. The van der Waals surface area contributed by atoms with Crippen LogP contribution in [0.2, 0.25) is 0 Å². The molecule has 1 rings (SSSR count). The minimum Gasteiger partial charge on any atom is -0.494 e. The third-order valence-corrected chi connectivity index (χ3v) is 1.95. The Morgan fingerprint density at radius 3 is 2.07 bits per heavy atom. The fraction of sp³-hybridized carbons (Fsp3) is 0.250. The van der Waals surface area contributed by atoms with Crippen molar-refractivity contribution in [1.29, 1.82) is 0 Å². The van der Waals surface area contributed by atoms with Crippen LogP contribution in [-0.2, 0) is 10.1 Å². The van der Waals surface area contributed by atoms with Gasteiger partial charge in [0.25, 0.3) is 0 Å². The van der Waals surface area contributed by atoms with Gasteiger partial charge in [0.05, 0.1) is 13.4 Å². The fourth-order valence-corrected chi connectivity index (χ4v) is 1.35. The van der Waals surface area contributed by atoms with Crippen molar-refractivity contribution in [2.24, 2.45) is 0 Å². The first-order valence-electron chi connectivity index (χ1n) is 3.76. The van der Waals surface area contributed by atoms with Crippen molar-refractivity contribution in [3.05, 3.63) is 23.8 Å². The fourth-order valence-electron chi connectivity index (χ4n) is 0.899. The number of hydrogen-bond acceptors (Lipinski definition) is 4. The molecule has 0 saturated heterocycles. The van der Waals surface area contributed by atoms with Crippen LogP contribution in [0.3, 0.4) is 0 Å². The largest absolute Gasteiger partial charge is 0.494 e. The van der Waals surface area contributed by atoms with Gasteiger partial charge < -0.3 is 8.92 Å². The summed E-state index contributed by atoms with van der Waals surface area (Å²) >= 11 is 0. The van der Waals surface area contributed by atoms with Crippen molar-refractivity contribution in [2.45, 2.75) is 0 Å². The van der Waals surface area contributed by atoms with Crippen molar-refractivity contribution in [1.82, 2.24) is 0 Å². The van der Waals surface area contributed by atoms with Gasteiger partial charge in [-0.05, 0) is 12.1 Å². The zero-order chi connectivity index (χ0) is 11.6. The van der Waals surface area contributed by atoms with Crippen LogP contribution in [0.5, 0.6) is 11.5 Å². The highest BCUT2D eigenvalue weighted by Crippen LogP contribution is 2.27. The molecule has 4 nitrogen and oxygen atoms in total. The molecule has 0 N–H and O–H groups in total. The van der Waals surface area contributed by atoms with Crippen LogP contribution < -0.4 is 8.92 Å². The Hall–Kier alpha value is -1.37. The topological polar surface area (TPSA) is 52.6 Å². The molecule has 0 saturated carbocycles. The van der Waals surface area contributed by atoms with E-state index < -0.39 is 27.5 Å². The third kappa shape index (κ3) is 2.79. The molecule has 1 aromatic carbocycles. The van der Waals surface area contributed by atoms with Crippen molar-refractivity contribution >= 4 is 10.1 Å². The number of methoxy groups -OCH3 is 1. The molecule has 0 fully saturated rings. The van der Waals surface area contributed by atoms with Gasteiger partial charge in [-0.15, -0.1) is 0 Å². The summed E-state index contributed by atoms with van der Waals surface area (Å²) in [6.07, 6.45) is 0.731. The maximum Gasteiger partial charge on any atom is 0.306 e. The normalized spacial score (nSPS) is 11.2. The molecule has 0 aromatic heterocycles. The molecule has 0 bridgehead atoms. The smallest absolute Gasteiger partial charge is 0.306 e. The van der Waals surface area contributed by atoms with Gasteiger partial charge in [0, 0.05) is 0 Å². The van der Waals surface area contributed by atoms with Crippen LogP contribution in [0, 0.1) is 11.6 Å². The second-order valence-electron chi connectivity index (χ2n) is 2.68. The van der Waals surface area contributed by atoms with Crippen LogP contribution in [0.4, 0.5) is 8.78 Å². The second-order valence-corrected chi connectivity index (χ2v) is 4.26. The van der Waals surface area contributed by atoms with Gasteiger partial charge in [0.15, 0.2) is 11.5 Å². The molecule has 0 aliphatic rings. The van der Waals surface area contributed by atoms with Gasteiger partial charge in [-0.3, -0.25) is 0 Å². The molecule has 15 heavy (non-hydrogen) atoms. The van der Waals surface area contributed by atoms with E-state index in [2.05, 4.69) is 8.92 Å². The predicted octanol–water partition coefficient (Wildman–Crippen LogP) is 1.31. The van der Waals surface area contributed by atoms with E-state index in [0.717, 1.165) is 25.5 Å². The first kappa shape index (κ1) is 11.7. The summed E-state index contributed by atoms with van der Waals surface area (Å²) in [5.74, 6) is -3.72. The van der Waals surface area contributed by atoms with E-state index in [-0.39, 0.29) is 5.75 Å². The van der Waals surface area contributed by atoms with E-state index in [0.29, 0.717) is 0 Å². The highest BCUT2D eigenvalue weighted by molar-refractivity contribution is 7.86. The molecule has 0 amide bonds. The number of hydrogen-bond donors (Lipinski definition) is 0. The zero-order valence-electron chi connectivity index (χ0n) is 7.95. The summed E-state index contributed by atoms with van der Waals surface area (Å²) < 4.78 is 56.3. The summed E-state index contributed by atoms with van der Waals surface area (Å²) in [5.41, 5.74) is 0. The van der Waals surface area contributed by atoms with Crippen molar-refractivity contribution < 1.29 is 26.1 Å². The molecule has 0 radical (unpaired) electrons. The highest BCUT2D eigenvalue weighted by atomic mass is 32.2. The molecular formula is C8H8F2O4S. The lowest BCUT2D eigenvalue weighted by Crippen LogP contribution is -2.08. The average Bonchev–Trinajstić information content (AvgIpc) is 2.11. The van der Waals surface area contributed by atoms with Gasteiger partial charge in [-0.2, -0.15) is 17.2 Å². The number of rotatable bonds is 3. The lowest BCUT2D eigenvalue weighted by Gasteiger charge is -2.07. The average molecular weight is 238 g/mol. The Morgan fingerprint density at radius 1 is 1.13 bits per heavy atom. The number of halogens is 2. The summed E-state index contributed by atoms with van der Waals surface area (Å²) in [6, 6.07) is 2.04. The Morgan fingerprint density at radius 2 is 1.60 bits per heavy atom. The molecule has 1 aromatic rings. The van der Waals surface area contributed by atoms with E-state index in [4.69, 9.17) is 0 Å². The van der Waals surface area contributed by atoms with Crippen molar-refractivity contribution in [3.8, 4) is 11.5 Å². The molecule has 84 valence electrons. The molecule has 0 heterocycles. The first-order chi connectivity index (χ1) is 6.85. The minimum atomic E-state index is -3.88. The van der Waals surface area contributed by atoms with Gasteiger partial charge in [0.1, 0.15) is 0 Å². The predicted molar refractivity (Wildman–Crippen MR) is 48.4 cm³/mol. The highest BCUT2D eigenvalue weighted by Gasteiger charge is 2.17. The Labute approximate surface area is 85.6 Å². The third-order valence-electron chi connectivity index (χ3n) is 1.47. The maximum atomic E-state index is 13.1. The molecule has 0 aliphatic carbocycles. The Kier molecular flexibility index (Phi) is 3.13. The van der Waals surface area contributed by atoms with E-state index in [9.17, 15) is 17.2 Å². The summed E-state index contributed by atoms with van der Waals surface area (Å²) in [5, 5.41) is 0. The summed E-state index contributed by atoms with van der Waals surface area (Å²) in [7, 11) is -2.72. The maximum absolute atomic E-state index is 13.1. The van der Waals surface area contributed by atoms with Gasteiger partial charge in [-0.1, -0.05) is 0 Å². The van der Waals surface area contributed by atoms with Gasteiger partial charge in [0.2, 0.25) is 11.6 Å². The lowest BCUT2D eigenvalue weighted by atomic mass is 10.3. The van der Waals surface area contributed by atoms with Crippen LogP contribution in [0.1, 0.15) is 0 Å². The lowest BCUT2D eigenvalue weighted by molar-refractivity contribution is 0.364. The SMILES string of the molecule is COc1ccc(OS(C)(=O)=O)c(F)c1F. The van der Waals surface area contributed by atoms with Crippen molar-refractivity contribution in [3.63, 3.8) is 0 Å². The van der Waals surface area contributed by atoms with Gasteiger partial charge in [-0.25, -0.2) is 0 Å².